The number of hydrogen-bond donors (Lipinski definition) is 0. The van der Waals surface area contributed by atoms with Crippen molar-refractivity contribution in [1.29, 1.82) is 0 Å². The van der Waals surface area contributed by atoms with Gasteiger partial charge in [-0.3, -0.25) is 4.79 Å². The van der Waals surface area contributed by atoms with Crippen molar-refractivity contribution in [2.45, 2.75) is 12.1 Å². The van der Waals surface area contributed by atoms with Crippen molar-refractivity contribution in [3.63, 3.8) is 0 Å². The minimum absolute atomic E-state index is 0.0559. The quantitative estimate of drug-likeness (QED) is 0.778. The van der Waals surface area contributed by atoms with Crippen molar-refractivity contribution >= 4 is 5.97 Å². The Bertz CT molecular complexity index is 510. The van der Waals surface area contributed by atoms with Crippen LogP contribution in [0.25, 0.3) is 0 Å². The topological polar surface area (TPSA) is 44.8 Å². The van der Waals surface area contributed by atoms with Crippen LogP contribution < -0.4 is 9.47 Å². The Morgan fingerprint density at radius 2 is 2.05 bits per heavy atom. The molecule has 0 amide bonds. The van der Waals surface area contributed by atoms with E-state index < -0.39 is 29.4 Å². The average Bonchev–Trinajstić information content (AvgIpc) is 2.79. The molecule has 19 heavy (non-hydrogen) atoms. The van der Waals surface area contributed by atoms with Gasteiger partial charge in [0.25, 0.3) is 0 Å². The number of esters is 1. The molecule has 0 spiro atoms. The molecule has 2 rings (SSSR count). The molecule has 1 unspecified atom stereocenters. The fourth-order valence-corrected chi connectivity index (χ4v) is 2.07. The molecule has 7 heteroatoms. The summed E-state index contributed by atoms with van der Waals surface area (Å²) in [6, 6.07) is 2.06. The van der Waals surface area contributed by atoms with Crippen molar-refractivity contribution in [2.75, 3.05) is 20.8 Å². The highest BCUT2D eigenvalue weighted by atomic mass is 19.4. The van der Waals surface area contributed by atoms with Crippen LogP contribution in [0.4, 0.5) is 13.2 Å². The molecule has 4 nitrogen and oxygen atoms in total. The Kier molecular flexibility index (Phi) is 3.30. The van der Waals surface area contributed by atoms with E-state index in [9.17, 15) is 18.0 Å². The number of alkyl halides is 3. The monoisotopic (exact) mass is 276 g/mol. The van der Waals surface area contributed by atoms with Gasteiger partial charge in [0, 0.05) is 0 Å². The van der Waals surface area contributed by atoms with Crippen LogP contribution in [0.5, 0.6) is 11.5 Å². The van der Waals surface area contributed by atoms with Gasteiger partial charge in [0.05, 0.1) is 25.3 Å². The molecule has 1 heterocycles. The number of halogens is 3. The van der Waals surface area contributed by atoms with Crippen molar-refractivity contribution in [3.8, 4) is 11.5 Å². The molecule has 0 aliphatic carbocycles. The fourth-order valence-electron chi connectivity index (χ4n) is 2.07. The largest absolute Gasteiger partial charge is 0.496 e. The second-order valence-electron chi connectivity index (χ2n) is 3.94. The Hall–Kier alpha value is -1.92. The summed E-state index contributed by atoms with van der Waals surface area (Å²) in [6.45, 7) is -0.0559. The molecule has 0 radical (unpaired) electrons. The highest BCUT2D eigenvalue weighted by Crippen LogP contribution is 2.47. The lowest BCUT2D eigenvalue weighted by Gasteiger charge is -2.16. The maximum absolute atomic E-state index is 12.9. The van der Waals surface area contributed by atoms with Gasteiger partial charge in [-0.25, -0.2) is 0 Å². The Morgan fingerprint density at radius 1 is 1.37 bits per heavy atom. The van der Waals surface area contributed by atoms with Crippen molar-refractivity contribution in [3.05, 3.63) is 23.3 Å². The molecule has 1 atom stereocenters. The number of methoxy groups -OCH3 is 2. The van der Waals surface area contributed by atoms with Gasteiger partial charge in [0.1, 0.15) is 24.0 Å². The van der Waals surface area contributed by atoms with E-state index in [1.807, 2.05) is 0 Å². The summed E-state index contributed by atoms with van der Waals surface area (Å²) in [5.41, 5.74) is -0.850. The van der Waals surface area contributed by atoms with E-state index in [1.165, 1.54) is 13.2 Å². The number of hydrogen-bond acceptors (Lipinski definition) is 4. The Labute approximate surface area is 107 Å². The van der Waals surface area contributed by atoms with Gasteiger partial charge in [-0.05, 0) is 12.1 Å². The van der Waals surface area contributed by atoms with Gasteiger partial charge < -0.3 is 14.2 Å². The van der Waals surface area contributed by atoms with Crippen LogP contribution in [0.3, 0.4) is 0 Å². The highest BCUT2D eigenvalue weighted by molar-refractivity contribution is 5.82. The molecule has 0 saturated heterocycles. The summed E-state index contributed by atoms with van der Waals surface area (Å²) < 4.78 is 53.2. The molecule has 0 aromatic heterocycles. The molecule has 1 aliphatic rings. The molecule has 1 aromatic carbocycles. The minimum atomic E-state index is -4.57. The summed E-state index contributed by atoms with van der Waals surface area (Å²) in [5.74, 6) is -1.74. The third-order valence-electron chi connectivity index (χ3n) is 2.91. The predicted molar refractivity (Wildman–Crippen MR) is 58.2 cm³/mol. The Balaban J connectivity index is 2.59. The van der Waals surface area contributed by atoms with Gasteiger partial charge in [-0.1, -0.05) is 0 Å². The predicted octanol–water partition coefficient (Wildman–Crippen LogP) is 2.36. The lowest BCUT2D eigenvalue weighted by molar-refractivity contribution is -0.143. The third kappa shape index (κ3) is 2.20. The summed E-state index contributed by atoms with van der Waals surface area (Å²) in [6.07, 6.45) is -4.57. The molecular formula is C12H11F3O4. The summed E-state index contributed by atoms with van der Waals surface area (Å²) in [4.78, 5) is 11.6. The molecule has 0 N–H and O–H groups in total. The van der Waals surface area contributed by atoms with Crippen molar-refractivity contribution in [1.82, 2.24) is 0 Å². The summed E-state index contributed by atoms with van der Waals surface area (Å²) in [5, 5.41) is 0. The van der Waals surface area contributed by atoms with Crippen LogP contribution in [0.15, 0.2) is 12.1 Å². The maximum atomic E-state index is 12.9. The fraction of sp³-hybridized carbons (Fsp3) is 0.417. The van der Waals surface area contributed by atoms with E-state index in [2.05, 4.69) is 4.74 Å². The van der Waals surface area contributed by atoms with Crippen LogP contribution in [0.2, 0.25) is 0 Å². The number of rotatable bonds is 2. The van der Waals surface area contributed by atoms with Crippen molar-refractivity contribution < 1.29 is 32.2 Å². The summed E-state index contributed by atoms with van der Waals surface area (Å²) >= 11 is 0. The second kappa shape index (κ2) is 4.64. The first kappa shape index (κ1) is 13.5. The minimum Gasteiger partial charge on any atom is -0.496 e. The smallest absolute Gasteiger partial charge is 0.419 e. The van der Waals surface area contributed by atoms with E-state index in [1.54, 1.807) is 0 Å². The summed E-state index contributed by atoms with van der Waals surface area (Å²) in [7, 11) is 2.29. The van der Waals surface area contributed by atoms with Gasteiger partial charge in [-0.2, -0.15) is 13.2 Å². The molecule has 1 aliphatic heterocycles. The molecule has 0 bridgehead atoms. The van der Waals surface area contributed by atoms with Crippen LogP contribution in [-0.2, 0) is 15.7 Å². The zero-order valence-corrected chi connectivity index (χ0v) is 10.2. The molecule has 0 saturated carbocycles. The Morgan fingerprint density at radius 3 is 2.58 bits per heavy atom. The zero-order chi connectivity index (χ0) is 14.2. The lowest BCUT2D eigenvalue weighted by atomic mass is 9.97. The SMILES string of the molecule is COC(=O)C1COc2ccc(C(F)(F)F)c(OC)c21. The standard InChI is InChI=1S/C12H11F3O4/c1-17-10-7(12(13,14)15)3-4-8-9(10)6(5-19-8)11(16)18-2/h3-4,6H,5H2,1-2H3. The number of ether oxygens (including phenoxy) is 3. The molecular weight excluding hydrogens is 265 g/mol. The van der Waals surface area contributed by atoms with Crippen LogP contribution >= 0.6 is 0 Å². The van der Waals surface area contributed by atoms with Crippen LogP contribution in [-0.4, -0.2) is 26.8 Å². The molecule has 1 aromatic rings. The average molecular weight is 276 g/mol. The van der Waals surface area contributed by atoms with Crippen LogP contribution in [0.1, 0.15) is 17.0 Å². The third-order valence-corrected chi connectivity index (χ3v) is 2.91. The maximum Gasteiger partial charge on any atom is 0.419 e. The van der Waals surface area contributed by atoms with Gasteiger partial charge in [0.15, 0.2) is 0 Å². The second-order valence-corrected chi connectivity index (χ2v) is 3.94. The first-order valence-electron chi connectivity index (χ1n) is 5.38. The van der Waals surface area contributed by atoms with E-state index in [4.69, 9.17) is 9.47 Å². The number of fused-ring (bicyclic) bond motifs is 1. The van der Waals surface area contributed by atoms with Gasteiger partial charge in [0.2, 0.25) is 0 Å². The van der Waals surface area contributed by atoms with Gasteiger partial charge in [-0.15, -0.1) is 0 Å². The van der Waals surface area contributed by atoms with E-state index in [-0.39, 0.29) is 17.9 Å². The normalized spacial score (nSPS) is 17.6. The number of carbonyl (C=O) groups is 1. The van der Waals surface area contributed by atoms with Gasteiger partial charge >= 0.3 is 12.1 Å². The first-order valence-corrected chi connectivity index (χ1v) is 5.38. The van der Waals surface area contributed by atoms with Crippen molar-refractivity contribution in [2.24, 2.45) is 0 Å². The van der Waals surface area contributed by atoms with E-state index in [0.717, 1.165) is 13.2 Å². The number of benzene rings is 1. The number of carbonyl (C=O) groups excluding carboxylic acids is 1. The highest BCUT2D eigenvalue weighted by Gasteiger charge is 2.41. The molecule has 104 valence electrons. The first-order chi connectivity index (χ1) is 8.90. The van der Waals surface area contributed by atoms with E-state index >= 15 is 0 Å². The molecule has 0 fully saturated rings. The van der Waals surface area contributed by atoms with Crippen LogP contribution in [0, 0.1) is 0 Å². The lowest BCUT2D eigenvalue weighted by Crippen LogP contribution is -2.17. The van der Waals surface area contributed by atoms with E-state index in [0.29, 0.717) is 0 Å². The zero-order valence-electron chi connectivity index (χ0n) is 10.2.